The molecule has 8 heteroatoms. The van der Waals surface area contributed by atoms with Gasteiger partial charge in [0.15, 0.2) is 14.9 Å². The summed E-state index contributed by atoms with van der Waals surface area (Å²) in [7, 11) is -3.37. The fourth-order valence-electron chi connectivity index (χ4n) is 6.41. The molecule has 2 N–H and O–H groups in total. The number of fused-ring (bicyclic) bond motifs is 2. The second kappa shape index (κ2) is 8.96. The van der Waals surface area contributed by atoms with Gasteiger partial charge in [-0.3, -0.25) is 4.90 Å². The van der Waals surface area contributed by atoms with Crippen LogP contribution in [0.1, 0.15) is 50.5 Å². The molecule has 1 aliphatic heterocycles. The molecule has 2 saturated carbocycles. The topological polar surface area (TPSA) is 91.0 Å². The van der Waals surface area contributed by atoms with E-state index in [1.807, 2.05) is 6.20 Å². The fourth-order valence-corrected chi connectivity index (χ4v) is 8.12. The van der Waals surface area contributed by atoms with Crippen molar-refractivity contribution in [2.24, 2.45) is 11.8 Å². The van der Waals surface area contributed by atoms with Crippen molar-refractivity contribution in [3.05, 3.63) is 48.2 Å². The van der Waals surface area contributed by atoms with Crippen LogP contribution in [0.15, 0.2) is 47.6 Å². The van der Waals surface area contributed by atoms with E-state index in [1.54, 1.807) is 12.1 Å². The largest absolute Gasteiger partial charge is 0.366 e. The molecule has 2 aromatic heterocycles. The van der Waals surface area contributed by atoms with Gasteiger partial charge in [-0.25, -0.2) is 8.42 Å². The number of nitrogens with zero attached hydrogens (tertiary/aromatic N) is 3. The van der Waals surface area contributed by atoms with Crippen LogP contribution in [-0.4, -0.2) is 52.9 Å². The van der Waals surface area contributed by atoms with Gasteiger partial charge in [-0.1, -0.05) is 25.3 Å². The summed E-state index contributed by atoms with van der Waals surface area (Å²) in [6, 6.07) is 12.6. The Labute approximate surface area is 201 Å². The maximum absolute atomic E-state index is 12.9. The fraction of sp³-hybridized carbons (Fsp3) is 0.538. The summed E-state index contributed by atoms with van der Waals surface area (Å²) in [6.07, 6.45) is 8.84. The zero-order chi connectivity index (χ0) is 23.1. The van der Waals surface area contributed by atoms with Crippen LogP contribution in [0.2, 0.25) is 0 Å². The Morgan fingerprint density at radius 3 is 2.50 bits per heavy atom. The van der Waals surface area contributed by atoms with Crippen molar-refractivity contribution in [2.75, 3.05) is 18.4 Å². The van der Waals surface area contributed by atoms with Crippen molar-refractivity contribution in [1.82, 2.24) is 20.1 Å². The number of rotatable bonds is 6. The van der Waals surface area contributed by atoms with Crippen molar-refractivity contribution in [1.29, 1.82) is 0 Å². The lowest BCUT2D eigenvalue weighted by atomic mass is 10.0. The molecule has 0 spiro atoms. The molecule has 180 valence electrons. The molecule has 3 fully saturated rings. The summed E-state index contributed by atoms with van der Waals surface area (Å²) in [5.41, 5.74) is 2.57. The third-order valence-electron chi connectivity index (χ3n) is 8.13. The molecule has 0 amide bonds. The first-order chi connectivity index (χ1) is 16.5. The molecule has 1 aromatic carbocycles. The number of aromatic amines is 1. The molecule has 6 rings (SSSR count). The van der Waals surface area contributed by atoms with E-state index in [0.29, 0.717) is 23.7 Å². The van der Waals surface area contributed by atoms with E-state index in [0.717, 1.165) is 64.6 Å². The van der Waals surface area contributed by atoms with Crippen molar-refractivity contribution >= 4 is 26.6 Å². The van der Waals surface area contributed by atoms with Crippen LogP contribution in [0.3, 0.4) is 0 Å². The minimum absolute atomic E-state index is 0.127. The summed E-state index contributed by atoms with van der Waals surface area (Å²) in [6.45, 7) is 3.28. The first kappa shape index (κ1) is 22.0. The molecule has 0 bridgehead atoms. The predicted molar refractivity (Wildman–Crippen MR) is 133 cm³/mol. The van der Waals surface area contributed by atoms with Crippen molar-refractivity contribution in [3.63, 3.8) is 0 Å². The molecule has 34 heavy (non-hydrogen) atoms. The Kier molecular flexibility index (Phi) is 5.81. The van der Waals surface area contributed by atoms with E-state index < -0.39 is 9.84 Å². The molecule has 0 unspecified atom stereocenters. The first-order valence-electron chi connectivity index (χ1n) is 12.7. The lowest BCUT2D eigenvalue weighted by Crippen LogP contribution is -2.26. The zero-order valence-corrected chi connectivity index (χ0v) is 20.3. The predicted octanol–water partition coefficient (Wildman–Crippen LogP) is 4.39. The molecule has 7 nitrogen and oxygen atoms in total. The second-order valence-corrected chi connectivity index (χ2v) is 12.7. The third kappa shape index (κ3) is 4.33. The van der Waals surface area contributed by atoms with Gasteiger partial charge in [0.25, 0.3) is 0 Å². The highest BCUT2D eigenvalue weighted by Crippen LogP contribution is 2.39. The smallest absolute Gasteiger partial charge is 0.200 e. The first-order valence-corrected chi connectivity index (χ1v) is 14.2. The number of nitrogens with one attached hydrogen (secondary N) is 2. The van der Waals surface area contributed by atoms with Gasteiger partial charge >= 0.3 is 0 Å². The summed E-state index contributed by atoms with van der Waals surface area (Å²) < 4.78 is 25.7. The molecule has 1 saturated heterocycles. The molecule has 2 aliphatic carbocycles. The van der Waals surface area contributed by atoms with Gasteiger partial charge in [-0.2, -0.15) is 0 Å². The van der Waals surface area contributed by atoms with Crippen LogP contribution < -0.4 is 5.32 Å². The lowest BCUT2D eigenvalue weighted by molar-refractivity contribution is 0.301. The standard InChI is InChI=1S/C26H33N5O2S/c32-34(33,23-4-2-1-3-5-23)26-9-8-25(29-30-26)28-22-13-20-16-31(17-21(20)14-22)15-18-6-7-24-19(12-18)10-11-27-24/h6-12,20-23,27H,1-5,13-17H2,(H,28,29)/t20-,21+,22+. The van der Waals surface area contributed by atoms with Crippen LogP contribution in [0.5, 0.6) is 0 Å². The molecular weight excluding hydrogens is 446 g/mol. The number of H-pyrrole nitrogens is 1. The summed E-state index contributed by atoms with van der Waals surface area (Å²) in [4.78, 5) is 5.85. The van der Waals surface area contributed by atoms with E-state index in [2.05, 4.69) is 49.7 Å². The number of hydrogen-bond donors (Lipinski definition) is 2. The lowest BCUT2D eigenvalue weighted by Gasteiger charge is -2.21. The Bertz CT molecular complexity index is 1240. The number of benzene rings is 1. The monoisotopic (exact) mass is 479 g/mol. The highest BCUT2D eigenvalue weighted by Gasteiger charge is 2.41. The molecular formula is C26H33N5O2S. The van der Waals surface area contributed by atoms with E-state index in [-0.39, 0.29) is 10.3 Å². The summed E-state index contributed by atoms with van der Waals surface area (Å²) >= 11 is 0. The van der Waals surface area contributed by atoms with E-state index in [9.17, 15) is 8.42 Å². The number of hydrogen-bond acceptors (Lipinski definition) is 6. The van der Waals surface area contributed by atoms with Crippen LogP contribution in [0, 0.1) is 11.8 Å². The van der Waals surface area contributed by atoms with Crippen LogP contribution in [0.4, 0.5) is 5.82 Å². The maximum Gasteiger partial charge on any atom is 0.200 e. The Morgan fingerprint density at radius 1 is 0.971 bits per heavy atom. The van der Waals surface area contributed by atoms with Crippen LogP contribution in [-0.2, 0) is 16.4 Å². The van der Waals surface area contributed by atoms with Crippen LogP contribution >= 0.6 is 0 Å². The molecule has 3 heterocycles. The quantitative estimate of drug-likeness (QED) is 0.545. The van der Waals surface area contributed by atoms with Gasteiger partial charge < -0.3 is 10.3 Å². The van der Waals surface area contributed by atoms with Gasteiger partial charge in [-0.05, 0) is 78.8 Å². The Hall–Kier alpha value is -2.45. The number of likely N-dealkylation sites (tertiary alicyclic amines) is 1. The van der Waals surface area contributed by atoms with Gasteiger partial charge in [0.05, 0.1) is 5.25 Å². The molecule has 3 aromatic rings. The van der Waals surface area contributed by atoms with E-state index >= 15 is 0 Å². The molecule has 3 aliphatic rings. The van der Waals surface area contributed by atoms with Crippen molar-refractivity contribution in [3.8, 4) is 0 Å². The van der Waals surface area contributed by atoms with Gasteiger partial charge in [0.1, 0.15) is 5.82 Å². The normalized spacial score (nSPS) is 26.2. The number of anilines is 1. The number of sulfone groups is 1. The van der Waals surface area contributed by atoms with Gasteiger partial charge in [0, 0.05) is 37.4 Å². The highest BCUT2D eigenvalue weighted by molar-refractivity contribution is 7.92. The number of aromatic nitrogens is 3. The van der Waals surface area contributed by atoms with E-state index in [1.165, 1.54) is 16.5 Å². The molecule has 3 atom stereocenters. The minimum atomic E-state index is -3.37. The minimum Gasteiger partial charge on any atom is -0.366 e. The maximum atomic E-state index is 12.9. The molecule has 0 radical (unpaired) electrons. The van der Waals surface area contributed by atoms with Crippen LogP contribution in [0.25, 0.3) is 10.9 Å². The SMILES string of the molecule is O=S(=O)(c1ccc(N[C@H]2C[C@@H]3CN(Cc4ccc5[nH]ccc5c4)C[C@@H]3C2)nn1)C1CCCCC1. The van der Waals surface area contributed by atoms with Crippen molar-refractivity contribution < 1.29 is 8.42 Å². The average molecular weight is 480 g/mol. The summed E-state index contributed by atoms with van der Waals surface area (Å²) in [5, 5.41) is 13.0. The zero-order valence-electron chi connectivity index (χ0n) is 19.5. The van der Waals surface area contributed by atoms with Crippen molar-refractivity contribution in [2.45, 2.75) is 67.8 Å². The Balaban J connectivity index is 1.03. The Morgan fingerprint density at radius 2 is 1.76 bits per heavy atom. The second-order valence-electron chi connectivity index (χ2n) is 10.5. The van der Waals surface area contributed by atoms with Gasteiger partial charge in [-0.15, -0.1) is 10.2 Å². The summed E-state index contributed by atoms with van der Waals surface area (Å²) in [5.74, 6) is 2.09. The highest BCUT2D eigenvalue weighted by atomic mass is 32.2. The average Bonchev–Trinajstić information content (AvgIpc) is 3.55. The van der Waals surface area contributed by atoms with E-state index in [4.69, 9.17) is 0 Å². The van der Waals surface area contributed by atoms with Gasteiger partial charge in [0.2, 0.25) is 0 Å². The third-order valence-corrected chi connectivity index (χ3v) is 10.3.